The van der Waals surface area contributed by atoms with E-state index >= 15 is 0 Å². The quantitative estimate of drug-likeness (QED) is 0.522. The molecule has 1 aliphatic heterocycles. The summed E-state index contributed by atoms with van der Waals surface area (Å²) in [6.07, 6.45) is 6.69. The topological polar surface area (TPSA) is 71.0 Å². The zero-order chi connectivity index (χ0) is 20.7. The van der Waals surface area contributed by atoms with E-state index in [2.05, 4.69) is 36.2 Å². The highest BCUT2D eigenvalue weighted by Gasteiger charge is 2.48. The lowest BCUT2D eigenvalue weighted by molar-refractivity contribution is 0.0602. The smallest absolute Gasteiger partial charge is 0.274 e. The average Bonchev–Trinajstić information content (AvgIpc) is 3.49. The average molecular weight is 505 g/mol. The van der Waals surface area contributed by atoms with E-state index in [4.69, 9.17) is 11.6 Å². The van der Waals surface area contributed by atoms with Gasteiger partial charge in [0, 0.05) is 30.0 Å². The van der Waals surface area contributed by atoms with Gasteiger partial charge in [0.25, 0.3) is 5.91 Å². The van der Waals surface area contributed by atoms with Gasteiger partial charge in [-0.2, -0.15) is 0 Å². The summed E-state index contributed by atoms with van der Waals surface area (Å²) in [5.41, 5.74) is 3.18. The maximum Gasteiger partial charge on any atom is 0.274 e. The molecule has 1 saturated heterocycles. The van der Waals surface area contributed by atoms with E-state index < -0.39 is 0 Å². The van der Waals surface area contributed by atoms with Crippen LogP contribution in [0.25, 0.3) is 10.4 Å². The Morgan fingerprint density at radius 1 is 1.27 bits per heavy atom. The molecule has 1 aromatic carbocycles. The molecule has 1 aliphatic carbocycles. The molecule has 6 nitrogen and oxygen atoms in total. The SMILES string of the molecule is O=C(c1ncsc1-c1cccc(Cl)c1)N1[C@@H]2CC[C@@H](C2)[C@H]1CNc1ncc(Br)cn1. The van der Waals surface area contributed by atoms with E-state index in [0.29, 0.717) is 29.1 Å². The molecule has 0 unspecified atom stereocenters. The number of piperidine rings is 1. The molecule has 5 rings (SSSR count). The normalized spacial score (nSPS) is 22.5. The van der Waals surface area contributed by atoms with Crippen LogP contribution < -0.4 is 5.32 Å². The maximum absolute atomic E-state index is 13.6. The van der Waals surface area contributed by atoms with Crippen molar-refractivity contribution in [1.82, 2.24) is 19.9 Å². The number of likely N-dealkylation sites (tertiary alicyclic amines) is 1. The van der Waals surface area contributed by atoms with Crippen LogP contribution in [0.2, 0.25) is 5.02 Å². The molecule has 154 valence electrons. The highest BCUT2D eigenvalue weighted by molar-refractivity contribution is 9.10. The van der Waals surface area contributed by atoms with E-state index in [1.807, 2.05) is 29.2 Å². The van der Waals surface area contributed by atoms with Crippen molar-refractivity contribution in [3.8, 4) is 10.4 Å². The predicted molar refractivity (Wildman–Crippen MR) is 122 cm³/mol. The number of thiazole rings is 1. The van der Waals surface area contributed by atoms with Crippen LogP contribution in [-0.2, 0) is 0 Å². The van der Waals surface area contributed by atoms with Gasteiger partial charge in [0.05, 0.1) is 20.9 Å². The molecule has 3 aromatic rings. The third-order valence-electron chi connectivity index (χ3n) is 5.92. The van der Waals surface area contributed by atoms with Crippen LogP contribution in [0.5, 0.6) is 0 Å². The fourth-order valence-corrected chi connectivity index (χ4v) is 5.80. The lowest BCUT2D eigenvalue weighted by Gasteiger charge is -2.35. The van der Waals surface area contributed by atoms with Gasteiger partial charge in [-0.1, -0.05) is 23.7 Å². The number of benzene rings is 1. The Hall–Kier alpha value is -2.03. The molecule has 2 fully saturated rings. The largest absolute Gasteiger partial charge is 0.352 e. The van der Waals surface area contributed by atoms with Crippen molar-refractivity contribution < 1.29 is 4.79 Å². The van der Waals surface area contributed by atoms with E-state index in [9.17, 15) is 4.79 Å². The van der Waals surface area contributed by atoms with Crippen LogP contribution in [0.3, 0.4) is 0 Å². The second-order valence-corrected chi connectivity index (χ2v) is 9.86. The van der Waals surface area contributed by atoms with Crippen molar-refractivity contribution in [3.63, 3.8) is 0 Å². The maximum atomic E-state index is 13.6. The summed E-state index contributed by atoms with van der Waals surface area (Å²) < 4.78 is 0.835. The summed E-state index contributed by atoms with van der Waals surface area (Å²) in [7, 11) is 0. The van der Waals surface area contributed by atoms with Crippen LogP contribution in [0.15, 0.2) is 46.6 Å². The van der Waals surface area contributed by atoms with Gasteiger partial charge in [0.15, 0.2) is 0 Å². The molecule has 1 N–H and O–H groups in total. The van der Waals surface area contributed by atoms with Gasteiger partial charge in [-0.15, -0.1) is 11.3 Å². The standard InChI is InChI=1S/C21H19BrClN5OS/c22-14-8-24-21(25-9-14)26-10-17-12-4-5-16(7-12)28(17)20(29)18-19(30-11-27-18)13-2-1-3-15(23)6-13/h1-3,6,8-9,11-12,16-17H,4-5,7,10H2,(H,24,25,26)/t12-,16+,17+/m0/s1. The number of carbonyl (C=O) groups excluding carboxylic acids is 1. The van der Waals surface area contributed by atoms with E-state index in [1.165, 1.54) is 11.3 Å². The van der Waals surface area contributed by atoms with Crippen molar-refractivity contribution in [1.29, 1.82) is 0 Å². The first-order chi connectivity index (χ1) is 14.6. The first kappa shape index (κ1) is 19.9. The molecule has 1 saturated carbocycles. The lowest BCUT2D eigenvalue weighted by atomic mass is 9.98. The molecular weight excluding hydrogens is 486 g/mol. The van der Waals surface area contributed by atoms with Gasteiger partial charge < -0.3 is 10.2 Å². The molecule has 30 heavy (non-hydrogen) atoms. The Labute approximate surface area is 191 Å². The number of halogens is 2. The van der Waals surface area contributed by atoms with Crippen molar-refractivity contribution in [2.75, 3.05) is 11.9 Å². The second-order valence-electron chi connectivity index (χ2n) is 7.65. The zero-order valence-corrected chi connectivity index (χ0v) is 19.1. The number of amides is 1. The number of nitrogens with one attached hydrogen (secondary N) is 1. The number of nitrogens with zero attached hydrogens (tertiary/aromatic N) is 4. The third-order valence-corrected chi connectivity index (χ3v) is 7.44. The van der Waals surface area contributed by atoms with Gasteiger partial charge in [0.2, 0.25) is 5.95 Å². The van der Waals surface area contributed by atoms with Crippen molar-refractivity contribution in [2.45, 2.75) is 31.3 Å². The molecule has 3 atom stereocenters. The van der Waals surface area contributed by atoms with Gasteiger partial charge in [0.1, 0.15) is 5.69 Å². The molecule has 0 radical (unpaired) electrons. The number of fused-ring (bicyclic) bond motifs is 2. The Bertz CT molecular complexity index is 1080. The van der Waals surface area contributed by atoms with Gasteiger partial charge in [-0.3, -0.25) is 4.79 Å². The second kappa shape index (κ2) is 8.24. The molecule has 0 spiro atoms. The zero-order valence-electron chi connectivity index (χ0n) is 16.0. The molecule has 2 aliphatic rings. The van der Waals surface area contributed by atoms with Gasteiger partial charge in [-0.05, 0) is 58.8 Å². The summed E-state index contributed by atoms with van der Waals surface area (Å²) in [5.74, 6) is 1.07. The Kier molecular flexibility index (Phi) is 5.47. The third kappa shape index (κ3) is 3.72. The Morgan fingerprint density at radius 2 is 2.10 bits per heavy atom. The highest BCUT2D eigenvalue weighted by atomic mass is 79.9. The van der Waals surface area contributed by atoms with Crippen LogP contribution in [-0.4, -0.2) is 44.4 Å². The van der Waals surface area contributed by atoms with E-state index in [-0.39, 0.29) is 18.0 Å². The minimum atomic E-state index is 0.00181. The van der Waals surface area contributed by atoms with Gasteiger partial charge in [-0.25, -0.2) is 15.0 Å². The van der Waals surface area contributed by atoms with Crippen LogP contribution in [0.4, 0.5) is 5.95 Å². The predicted octanol–water partition coefficient (Wildman–Crippen LogP) is 5.12. The monoisotopic (exact) mass is 503 g/mol. The molecule has 2 aromatic heterocycles. The molecular formula is C21H19BrClN5OS. The Balaban J connectivity index is 1.39. The molecule has 3 heterocycles. The number of rotatable bonds is 5. The first-order valence-corrected chi connectivity index (χ1v) is 11.9. The van der Waals surface area contributed by atoms with Crippen LogP contribution in [0, 0.1) is 5.92 Å². The fraction of sp³-hybridized carbons (Fsp3) is 0.333. The molecule has 1 amide bonds. The fourth-order valence-electron chi connectivity index (χ4n) is 4.63. The van der Waals surface area contributed by atoms with Crippen LogP contribution >= 0.6 is 38.9 Å². The van der Waals surface area contributed by atoms with Crippen LogP contribution in [0.1, 0.15) is 29.8 Å². The lowest BCUT2D eigenvalue weighted by Crippen LogP contribution is -2.48. The Morgan fingerprint density at radius 3 is 2.90 bits per heavy atom. The number of anilines is 1. The summed E-state index contributed by atoms with van der Waals surface area (Å²) in [5, 5.41) is 3.96. The first-order valence-electron chi connectivity index (χ1n) is 9.83. The van der Waals surface area contributed by atoms with Crippen molar-refractivity contribution in [3.05, 3.63) is 57.4 Å². The summed E-state index contributed by atoms with van der Waals surface area (Å²) in [4.78, 5) is 29.6. The number of hydrogen-bond acceptors (Lipinski definition) is 6. The molecule has 9 heteroatoms. The van der Waals surface area contributed by atoms with E-state index in [0.717, 1.165) is 34.2 Å². The number of carbonyl (C=O) groups is 1. The summed E-state index contributed by atoms with van der Waals surface area (Å²) >= 11 is 11.0. The van der Waals surface area contributed by atoms with Crippen molar-refractivity contribution in [2.24, 2.45) is 5.92 Å². The summed E-state index contributed by atoms with van der Waals surface area (Å²) in [6, 6.07) is 7.96. The van der Waals surface area contributed by atoms with Crippen molar-refractivity contribution >= 4 is 50.7 Å². The number of aromatic nitrogens is 3. The van der Waals surface area contributed by atoms with Gasteiger partial charge >= 0.3 is 0 Å². The molecule has 2 bridgehead atoms. The van der Waals surface area contributed by atoms with E-state index in [1.54, 1.807) is 17.9 Å². The summed E-state index contributed by atoms with van der Waals surface area (Å²) in [6.45, 7) is 0.630. The minimum absolute atomic E-state index is 0.00181. The highest BCUT2D eigenvalue weighted by Crippen LogP contribution is 2.44. The minimum Gasteiger partial charge on any atom is -0.352 e. The number of hydrogen-bond donors (Lipinski definition) is 1.